The highest BCUT2D eigenvalue weighted by molar-refractivity contribution is 7.09. The summed E-state index contributed by atoms with van der Waals surface area (Å²) in [5.41, 5.74) is 1.83. The maximum absolute atomic E-state index is 12.1. The Morgan fingerprint density at radius 3 is 2.86 bits per heavy atom. The van der Waals surface area contributed by atoms with Crippen LogP contribution >= 0.6 is 11.3 Å². The van der Waals surface area contributed by atoms with Crippen molar-refractivity contribution < 1.29 is 9.53 Å². The zero-order valence-corrected chi connectivity index (χ0v) is 13.2. The first-order valence-corrected chi connectivity index (χ1v) is 7.59. The summed E-state index contributed by atoms with van der Waals surface area (Å²) in [6.45, 7) is 2.34. The lowest BCUT2D eigenvalue weighted by molar-refractivity contribution is -0.117. The molecule has 0 aliphatic rings. The number of nitrogens with one attached hydrogen (secondary N) is 1. The van der Waals surface area contributed by atoms with Gasteiger partial charge in [0.05, 0.1) is 13.7 Å². The average molecular weight is 312 g/mol. The van der Waals surface area contributed by atoms with Crippen molar-refractivity contribution in [2.45, 2.75) is 13.5 Å². The predicted molar refractivity (Wildman–Crippen MR) is 87.5 cm³/mol. The SMILES string of the molecule is COc1ccc(/C=C(\C#N)C(=O)NCc2cccs2)cc1C. The number of aryl methyl sites for hydroxylation is 1. The molecule has 1 heterocycles. The number of rotatable bonds is 5. The summed E-state index contributed by atoms with van der Waals surface area (Å²) in [5.74, 6) is 0.405. The van der Waals surface area contributed by atoms with Crippen LogP contribution in [-0.4, -0.2) is 13.0 Å². The molecule has 0 bridgehead atoms. The van der Waals surface area contributed by atoms with Crippen molar-refractivity contribution in [1.82, 2.24) is 5.32 Å². The number of nitriles is 1. The number of carbonyl (C=O) groups is 1. The van der Waals surface area contributed by atoms with E-state index in [0.717, 1.165) is 21.8 Å². The molecule has 2 rings (SSSR count). The second-order valence-corrected chi connectivity index (χ2v) is 5.69. The van der Waals surface area contributed by atoms with E-state index in [2.05, 4.69) is 5.32 Å². The lowest BCUT2D eigenvalue weighted by Crippen LogP contribution is -2.23. The monoisotopic (exact) mass is 312 g/mol. The summed E-state index contributed by atoms with van der Waals surface area (Å²) >= 11 is 1.56. The Balaban J connectivity index is 2.11. The van der Waals surface area contributed by atoms with Crippen molar-refractivity contribution in [2.24, 2.45) is 0 Å². The third-order valence-electron chi connectivity index (χ3n) is 3.10. The Hall–Kier alpha value is -2.58. The normalized spacial score (nSPS) is 10.9. The molecule has 2 aromatic rings. The highest BCUT2D eigenvalue weighted by atomic mass is 32.1. The fourth-order valence-electron chi connectivity index (χ4n) is 1.98. The summed E-state index contributed by atoms with van der Waals surface area (Å²) in [5, 5.41) is 13.9. The second-order valence-electron chi connectivity index (χ2n) is 4.66. The first-order valence-electron chi connectivity index (χ1n) is 6.71. The van der Waals surface area contributed by atoms with Crippen LogP contribution in [0.4, 0.5) is 0 Å². The molecule has 0 saturated heterocycles. The van der Waals surface area contributed by atoms with Gasteiger partial charge in [0.1, 0.15) is 17.4 Å². The molecular weight excluding hydrogens is 296 g/mol. The number of carbonyl (C=O) groups excluding carboxylic acids is 1. The van der Waals surface area contributed by atoms with E-state index in [1.54, 1.807) is 24.5 Å². The van der Waals surface area contributed by atoms with Gasteiger partial charge in [0.15, 0.2) is 0 Å². The Morgan fingerprint density at radius 2 is 2.27 bits per heavy atom. The Labute approximate surface area is 133 Å². The molecule has 0 aliphatic heterocycles. The summed E-state index contributed by atoms with van der Waals surface area (Å²) in [6, 6.07) is 11.3. The minimum absolute atomic E-state index is 0.0844. The molecule has 0 unspecified atom stereocenters. The van der Waals surface area contributed by atoms with Gasteiger partial charge in [-0.15, -0.1) is 11.3 Å². The van der Waals surface area contributed by atoms with E-state index in [4.69, 9.17) is 4.74 Å². The number of benzene rings is 1. The average Bonchev–Trinajstić information content (AvgIpc) is 3.04. The third-order valence-corrected chi connectivity index (χ3v) is 3.97. The molecule has 4 nitrogen and oxygen atoms in total. The highest BCUT2D eigenvalue weighted by Gasteiger charge is 2.09. The van der Waals surface area contributed by atoms with Crippen LogP contribution in [0.2, 0.25) is 0 Å². The second kappa shape index (κ2) is 7.43. The largest absolute Gasteiger partial charge is 0.496 e. The van der Waals surface area contributed by atoms with Crippen LogP contribution in [0, 0.1) is 18.3 Å². The Morgan fingerprint density at radius 1 is 1.45 bits per heavy atom. The van der Waals surface area contributed by atoms with Crippen molar-refractivity contribution in [3.63, 3.8) is 0 Å². The van der Waals surface area contributed by atoms with Gasteiger partial charge < -0.3 is 10.1 Å². The zero-order chi connectivity index (χ0) is 15.9. The maximum Gasteiger partial charge on any atom is 0.262 e. The smallest absolute Gasteiger partial charge is 0.262 e. The number of hydrogen-bond acceptors (Lipinski definition) is 4. The van der Waals surface area contributed by atoms with E-state index in [9.17, 15) is 10.1 Å². The van der Waals surface area contributed by atoms with Crippen LogP contribution in [-0.2, 0) is 11.3 Å². The Bertz CT molecular complexity index is 728. The molecule has 0 fully saturated rings. The topological polar surface area (TPSA) is 62.1 Å². The van der Waals surface area contributed by atoms with Gasteiger partial charge >= 0.3 is 0 Å². The minimum Gasteiger partial charge on any atom is -0.496 e. The number of nitrogens with zero attached hydrogens (tertiary/aromatic N) is 1. The predicted octanol–water partition coefficient (Wildman–Crippen LogP) is 3.29. The number of thiophene rings is 1. The van der Waals surface area contributed by atoms with Crippen LogP contribution < -0.4 is 10.1 Å². The first kappa shape index (κ1) is 15.8. The van der Waals surface area contributed by atoms with Crippen LogP contribution in [0.5, 0.6) is 5.75 Å². The van der Waals surface area contributed by atoms with Gasteiger partial charge in [0.2, 0.25) is 0 Å². The Kier molecular flexibility index (Phi) is 5.34. The highest BCUT2D eigenvalue weighted by Crippen LogP contribution is 2.20. The third kappa shape index (κ3) is 3.96. The molecule has 22 heavy (non-hydrogen) atoms. The van der Waals surface area contributed by atoms with Gasteiger partial charge in [-0.25, -0.2) is 0 Å². The molecule has 0 aliphatic carbocycles. The fraction of sp³-hybridized carbons (Fsp3) is 0.176. The molecule has 112 valence electrons. The van der Waals surface area contributed by atoms with E-state index in [1.807, 2.05) is 48.7 Å². The summed E-state index contributed by atoms with van der Waals surface area (Å²) in [4.78, 5) is 13.1. The van der Waals surface area contributed by atoms with Crippen molar-refractivity contribution in [3.8, 4) is 11.8 Å². The van der Waals surface area contributed by atoms with Gasteiger partial charge in [0.25, 0.3) is 5.91 Å². The van der Waals surface area contributed by atoms with Crippen LogP contribution in [0.1, 0.15) is 16.0 Å². The molecule has 0 atom stereocenters. The van der Waals surface area contributed by atoms with Crippen molar-refractivity contribution >= 4 is 23.3 Å². The summed E-state index contributed by atoms with van der Waals surface area (Å²) in [6.07, 6.45) is 1.58. The van der Waals surface area contributed by atoms with E-state index >= 15 is 0 Å². The number of hydrogen-bond donors (Lipinski definition) is 1. The summed E-state index contributed by atoms with van der Waals surface area (Å²) in [7, 11) is 1.61. The van der Waals surface area contributed by atoms with Crippen LogP contribution in [0.15, 0.2) is 41.3 Å². The molecule has 0 radical (unpaired) electrons. The fourth-order valence-corrected chi connectivity index (χ4v) is 2.63. The van der Waals surface area contributed by atoms with Crippen LogP contribution in [0.25, 0.3) is 6.08 Å². The van der Waals surface area contributed by atoms with Gasteiger partial charge in [-0.2, -0.15) is 5.26 Å². The molecule has 1 aromatic heterocycles. The first-order chi connectivity index (χ1) is 10.6. The minimum atomic E-state index is -0.371. The number of amides is 1. The molecule has 0 spiro atoms. The van der Waals surface area contributed by atoms with Gasteiger partial charge in [0, 0.05) is 4.88 Å². The zero-order valence-electron chi connectivity index (χ0n) is 12.4. The lowest BCUT2D eigenvalue weighted by atomic mass is 10.1. The molecule has 0 saturated carbocycles. The van der Waals surface area contributed by atoms with Crippen molar-refractivity contribution in [3.05, 3.63) is 57.3 Å². The van der Waals surface area contributed by atoms with Gasteiger partial charge in [-0.1, -0.05) is 12.1 Å². The van der Waals surface area contributed by atoms with E-state index < -0.39 is 0 Å². The van der Waals surface area contributed by atoms with Gasteiger partial charge in [-0.3, -0.25) is 4.79 Å². The quantitative estimate of drug-likeness (QED) is 0.680. The maximum atomic E-state index is 12.1. The lowest BCUT2D eigenvalue weighted by Gasteiger charge is -2.06. The molecule has 1 N–H and O–H groups in total. The van der Waals surface area contributed by atoms with E-state index in [0.29, 0.717) is 6.54 Å². The van der Waals surface area contributed by atoms with E-state index in [-0.39, 0.29) is 11.5 Å². The standard InChI is InChI=1S/C17H16N2O2S/c1-12-8-13(5-6-16(12)21-2)9-14(10-18)17(20)19-11-15-4-3-7-22-15/h3-9H,11H2,1-2H3,(H,19,20)/b14-9+. The van der Waals surface area contributed by atoms with Crippen LogP contribution in [0.3, 0.4) is 0 Å². The molecule has 5 heteroatoms. The van der Waals surface area contributed by atoms with E-state index in [1.165, 1.54) is 0 Å². The molecule has 1 aromatic carbocycles. The van der Waals surface area contributed by atoms with Crippen molar-refractivity contribution in [2.75, 3.05) is 7.11 Å². The molecule has 1 amide bonds. The van der Waals surface area contributed by atoms with Crippen molar-refractivity contribution in [1.29, 1.82) is 5.26 Å². The number of ether oxygens (including phenoxy) is 1. The summed E-state index contributed by atoms with van der Waals surface area (Å²) < 4.78 is 5.19. The van der Waals surface area contributed by atoms with Gasteiger partial charge in [-0.05, 0) is 47.7 Å². The molecular formula is C17H16N2O2S. The number of methoxy groups -OCH3 is 1.